The molecule has 1 aliphatic rings. The van der Waals surface area contributed by atoms with Crippen molar-refractivity contribution in [2.45, 2.75) is 45.4 Å². The Morgan fingerprint density at radius 2 is 2.08 bits per heavy atom. The number of phenolic OH excluding ortho intramolecular Hbond substituents is 2. The zero-order valence-corrected chi connectivity index (χ0v) is 14.7. The lowest BCUT2D eigenvalue weighted by atomic mass is 9.89. The number of amides is 1. The summed E-state index contributed by atoms with van der Waals surface area (Å²) in [6.45, 7) is 2.52. The van der Waals surface area contributed by atoms with Crippen molar-refractivity contribution in [3.8, 4) is 11.5 Å². The van der Waals surface area contributed by atoms with Crippen LogP contribution in [0.4, 0.5) is 0 Å². The van der Waals surface area contributed by atoms with Crippen molar-refractivity contribution in [1.82, 2.24) is 5.32 Å². The van der Waals surface area contributed by atoms with Crippen LogP contribution in [0, 0.1) is 11.8 Å². The molecule has 25 heavy (non-hydrogen) atoms. The van der Waals surface area contributed by atoms with Gasteiger partial charge in [0.1, 0.15) is 5.78 Å². The van der Waals surface area contributed by atoms with E-state index in [1.54, 1.807) is 6.07 Å². The van der Waals surface area contributed by atoms with Crippen LogP contribution >= 0.6 is 0 Å². The Morgan fingerprint density at radius 1 is 1.28 bits per heavy atom. The van der Waals surface area contributed by atoms with Crippen molar-refractivity contribution in [1.29, 1.82) is 0 Å². The number of carbonyl (C=O) groups excluding carboxylic acids is 2. The summed E-state index contributed by atoms with van der Waals surface area (Å²) < 4.78 is 0. The number of ketones is 1. The van der Waals surface area contributed by atoms with E-state index in [9.17, 15) is 19.8 Å². The summed E-state index contributed by atoms with van der Waals surface area (Å²) in [5, 5.41) is 21.6. The van der Waals surface area contributed by atoms with Gasteiger partial charge in [-0.15, -0.1) is 0 Å². The van der Waals surface area contributed by atoms with Gasteiger partial charge < -0.3 is 15.5 Å². The fourth-order valence-electron chi connectivity index (χ4n) is 3.34. The van der Waals surface area contributed by atoms with Crippen LogP contribution in [0.2, 0.25) is 0 Å². The molecule has 5 heteroatoms. The summed E-state index contributed by atoms with van der Waals surface area (Å²) in [5.41, 5.74) is 0.842. The molecular weight excluding hydrogens is 318 g/mol. The van der Waals surface area contributed by atoms with Crippen molar-refractivity contribution < 1.29 is 19.8 Å². The molecule has 3 N–H and O–H groups in total. The molecule has 1 aromatic carbocycles. The lowest BCUT2D eigenvalue weighted by molar-refractivity contribution is -0.123. The van der Waals surface area contributed by atoms with Gasteiger partial charge in [0.2, 0.25) is 5.91 Å². The molecule has 0 heterocycles. The van der Waals surface area contributed by atoms with E-state index in [2.05, 4.69) is 24.4 Å². The molecule has 0 unspecified atom stereocenters. The Balaban J connectivity index is 1.77. The van der Waals surface area contributed by atoms with Crippen LogP contribution in [0.5, 0.6) is 11.5 Å². The molecule has 0 aromatic heterocycles. The first-order chi connectivity index (χ1) is 12.0. The molecular formula is C20H27NO4. The van der Waals surface area contributed by atoms with Crippen molar-refractivity contribution in [3.63, 3.8) is 0 Å². The molecule has 2 rings (SSSR count). The summed E-state index contributed by atoms with van der Waals surface area (Å²) in [4.78, 5) is 24.2. The van der Waals surface area contributed by atoms with Crippen LogP contribution in [0.3, 0.4) is 0 Å². The molecule has 0 aliphatic heterocycles. The van der Waals surface area contributed by atoms with Crippen molar-refractivity contribution in [2.75, 3.05) is 6.54 Å². The Hall–Kier alpha value is -2.30. The van der Waals surface area contributed by atoms with E-state index >= 15 is 0 Å². The van der Waals surface area contributed by atoms with E-state index < -0.39 is 0 Å². The number of hydrogen-bond acceptors (Lipinski definition) is 4. The minimum Gasteiger partial charge on any atom is -0.504 e. The number of hydrogen-bond donors (Lipinski definition) is 3. The minimum atomic E-state index is -0.156. The highest BCUT2D eigenvalue weighted by Gasteiger charge is 2.34. The number of rotatable bonds is 8. The van der Waals surface area contributed by atoms with Crippen LogP contribution < -0.4 is 5.32 Å². The molecule has 1 fully saturated rings. The van der Waals surface area contributed by atoms with Gasteiger partial charge in [-0.25, -0.2) is 0 Å². The Labute approximate surface area is 148 Å². The first-order valence-corrected chi connectivity index (χ1v) is 8.96. The standard InChI is InChI=1S/C20H27NO4/c1-2-3-4-5-16-15(7-9-17(16)22)13-20(25)21-11-10-14-6-8-18(23)19(24)12-14/h3-4,6,8,12,15-16,23-24H,2,5,7,9-11,13H2,1H3,(H,21,25)/t15-,16-/m1/s1. The summed E-state index contributed by atoms with van der Waals surface area (Å²) in [5.74, 6) is 0.0396. The second-order valence-corrected chi connectivity index (χ2v) is 6.61. The van der Waals surface area contributed by atoms with Gasteiger partial charge in [-0.3, -0.25) is 9.59 Å². The fraction of sp³-hybridized carbons (Fsp3) is 0.500. The summed E-state index contributed by atoms with van der Waals surface area (Å²) in [6, 6.07) is 4.64. The van der Waals surface area contributed by atoms with Gasteiger partial charge in [-0.2, -0.15) is 0 Å². The molecule has 1 aliphatic carbocycles. The van der Waals surface area contributed by atoms with Gasteiger partial charge in [-0.05, 0) is 49.3 Å². The zero-order valence-electron chi connectivity index (χ0n) is 14.7. The molecule has 5 nitrogen and oxygen atoms in total. The van der Waals surface area contributed by atoms with Crippen LogP contribution in [0.25, 0.3) is 0 Å². The first-order valence-electron chi connectivity index (χ1n) is 8.96. The van der Waals surface area contributed by atoms with Gasteiger partial charge >= 0.3 is 0 Å². The number of Topliss-reactive ketones (excluding diaryl/α,β-unsaturated/α-hetero) is 1. The average molecular weight is 345 g/mol. The maximum Gasteiger partial charge on any atom is 0.220 e. The topological polar surface area (TPSA) is 86.6 Å². The second-order valence-electron chi connectivity index (χ2n) is 6.61. The normalized spacial score (nSPS) is 20.3. The summed E-state index contributed by atoms with van der Waals surface area (Å²) in [6.07, 6.45) is 8.14. The molecule has 1 saturated carbocycles. The van der Waals surface area contributed by atoms with Gasteiger partial charge in [-0.1, -0.05) is 25.1 Å². The lowest BCUT2D eigenvalue weighted by Crippen LogP contribution is -2.29. The Bertz CT molecular complexity index is 639. The Kier molecular flexibility index (Phi) is 7.04. The third kappa shape index (κ3) is 5.62. The van der Waals surface area contributed by atoms with E-state index in [1.807, 2.05) is 0 Å². The van der Waals surface area contributed by atoms with E-state index in [-0.39, 0.29) is 35.0 Å². The average Bonchev–Trinajstić information content (AvgIpc) is 2.91. The zero-order chi connectivity index (χ0) is 18.2. The van der Waals surface area contributed by atoms with Crippen molar-refractivity contribution >= 4 is 11.7 Å². The van der Waals surface area contributed by atoms with Crippen LogP contribution in [0.1, 0.15) is 44.6 Å². The number of nitrogens with one attached hydrogen (secondary N) is 1. The van der Waals surface area contributed by atoms with Crippen molar-refractivity contribution in [3.05, 3.63) is 35.9 Å². The van der Waals surface area contributed by atoms with Crippen LogP contribution in [-0.2, 0) is 16.0 Å². The summed E-state index contributed by atoms with van der Waals surface area (Å²) in [7, 11) is 0. The number of aromatic hydroxyl groups is 2. The molecule has 0 saturated heterocycles. The predicted octanol–water partition coefficient (Wildman–Crippen LogP) is 3.10. The molecule has 0 spiro atoms. The molecule has 1 aromatic rings. The molecule has 0 radical (unpaired) electrons. The fourth-order valence-corrected chi connectivity index (χ4v) is 3.34. The lowest BCUT2D eigenvalue weighted by Gasteiger charge is -2.16. The highest BCUT2D eigenvalue weighted by Crippen LogP contribution is 2.34. The Morgan fingerprint density at radius 3 is 2.80 bits per heavy atom. The SMILES string of the molecule is CCC=CC[C@H]1C(=O)CC[C@@H]1CC(=O)NCCc1ccc(O)c(O)c1. The molecule has 2 atom stereocenters. The van der Waals surface area contributed by atoms with Gasteiger partial charge in [0, 0.05) is 25.3 Å². The van der Waals surface area contributed by atoms with Gasteiger partial charge in [0.25, 0.3) is 0 Å². The van der Waals surface area contributed by atoms with Gasteiger partial charge in [0.05, 0.1) is 0 Å². The second kappa shape index (κ2) is 9.25. The maximum atomic E-state index is 12.2. The smallest absolute Gasteiger partial charge is 0.220 e. The van der Waals surface area contributed by atoms with Crippen LogP contribution in [-0.4, -0.2) is 28.4 Å². The highest BCUT2D eigenvalue weighted by molar-refractivity contribution is 5.85. The summed E-state index contributed by atoms with van der Waals surface area (Å²) >= 11 is 0. The van der Waals surface area contributed by atoms with E-state index in [4.69, 9.17) is 0 Å². The first kappa shape index (κ1) is 19.0. The van der Waals surface area contributed by atoms with E-state index in [1.165, 1.54) is 12.1 Å². The van der Waals surface area contributed by atoms with E-state index in [0.717, 1.165) is 24.8 Å². The highest BCUT2D eigenvalue weighted by atomic mass is 16.3. The quantitative estimate of drug-likeness (QED) is 0.499. The minimum absolute atomic E-state index is 0.0254. The number of phenols is 2. The largest absolute Gasteiger partial charge is 0.504 e. The molecule has 1 amide bonds. The van der Waals surface area contributed by atoms with Gasteiger partial charge in [0.15, 0.2) is 11.5 Å². The monoisotopic (exact) mass is 345 g/mol. The van der Waals surface area contributed by atoms with Crippen LogP contribution in [0.15, 0.2) is 30.4 Å². The van der Waals surface area contributed by atoms with E-state index in [0.29, 0.717) is 25.8 Å². The molecule has 0 bridgehead atoms. The number of carbonyl (C=O) groups is 2. The number of allylic oxidation sites excluding steroid dienone is 2. The number of benzene rings is 1. The maximum absolute atomic E-state index is 12.2. The van der Waals surface area contributed by atoms with Crippen molar-refractivity contribution in [2.24, 2.45) is 11.8 Å². The third-order valence-corrected chi connectivity index (χ3v) is 4.76. The predicted molar refractivity (Wildman–Crippen MR) is 96.4 cm³/mol. The molecule has 136 valence electrons. The third-order valence-electron chi connectivity index (χ3n) is 4.76.